The van der Waals surface area contributed by atoms with E-state index < -0.39 is 18.6 Å². The molecule has 3 amide bonds. The first kappa shape index (κ1) is 20.9. The quantitative estimate of drug-likeness (QED) is 0.338. The summed E-state index contributed by atoms with van der Waals surface area (Å²) in [6, 6.07) is 8.58. The van der Waals surface area contributed by atoms with Gasteiger partial charge in [0.2, 0.25) is 17.7 Å². The number of benzene rings is 1. The molecule has 0 unspecified atom stereocenters. The number of hydrogen-bond donors (Lipinski definition) is 5. The minimum atomic E-state index is -1.06. The van der Waals surface area contributed by atoms with Crippen molar-refractivity contribution in [3.63, 3.8) is 0 Å². The smallest absolute Gasteiger partial charge is 0.245 e. The highest BCUT2D eigenvalue weighted by atomic mass is 16.3. The molecule has 5 N–H and O–H groups in total. The van der Waals surface area contributed by atoms with Crippen LogP contribution in [0.25, 0.3) is 0 Å². The second-order valence-electron chi connectivity index (χ2n) is 6.55. The molecule has 1 aliphatic rings. The fourth-order valence-electron chi connectivity index (χ4n) is 2.89. The van der Waals surface area contributed by atoms with Crippen LogP contribution < -0.4 is 21.3 Å². The standard InChI is InChI=1S/C19H28N4O4/c24-13-16(23-19(27)15-9-5-10-20-15)18(26)22-12-17(25)21-11-4-8-14-6-2-1-3-7-14/h1-3,6-7,15-16,20,24H,4-5,8-13H2,(H,21,25)(H,22,26)(H,23,27)/t15-,16-/m0/s1. The van der Waals surface area contributed by atoms with E-state index in [9.17, 15) is 19.5 Å². The predicted molar refractivity (Wildman–Crippen MR) is 101 cm³/mol. The van der Waals surface area contributed by atoms with Crippen LogP contribution in [-0.2, 0) is 20.8 Å². The zero-order valence-electron chi connectivity index (χ0n) is 15.4. The largest absolute Gasteiger partial charge is 0.394 e. The van der Waals surface area contributed by atoms with Crippen molar-refractivity contribution in [2.75, 3.05) is 26.2 Å². The minimum Gasteiger partial charge on any atom is -0.394 e. The first-order chi connectivity index (χ1) is 13.1. The fourth-order valence-corrected chi connectivity index (χ4v) is 2.89. The maximum Gasteiger partial charge on any atom is 0.245 e. The van der Waals surface area contributed by atoms with Crippen molar-refractivity contribution in [1.29, 1.82) is 0 Å². The highest BCUT2D eigenvalue weighted by molar-refractivity contribution is 5.92. The molecule has 0 aromatic heterocycles. The van der Waals surface area contributed by atoms with Crippen LogP contribution in [0.2, 0.25) is 0 Å². The number of carbonyl (C=O) groups is 3. The van der Waals surface area contributed by atoms with Crippen molar-refractivity contribution < 1.29 is 19.5 Å². The summed E-state index contributed by atoms with van der Waals surface area (Å²) >= 11 is 0. The molecule has 2 rings (SSSR count). The number of amides is 3. The van der Waals surface area contributed by atoms with Gasteiger partial charge in [0, 0.05) is 6.54 Å². The monoisotopic (exact) mass is 376 g/mol. The molecule has 1 fully saturated rings. The van der Waals surface area contributed by atoms with Gasteiger partial charge in [-0.15, -0.1) is 0 Å². The van der Waals surface area contributed by atoms with E-state index in [1.807, 2.05) is 30.3 Å². The van der Waals surface area contributed by atoms with E-state index in [0.717, 1.165) is 25.8 Å². The number of aliphatic hydroxyl groups excluding tert-OH is 1. The second kappa shape index (κ2) is 11.3. The van der Waals surface area contributed by atoms with Crippen LogP contribution in [-0.4, -0.2) is 61.2 Å². The maximum atomic E-state index is 12.1. The average Bonchev–Trinajstić information content (AvgIpc) is 3.23. The van der Waals surface area contributed by atoms with Gasteiger partial charge >= 0.3 is 0 Å². The zero-order chi connectivity index (χ0) is 19.5. The molecule has 148 valence electrons. The van der Waals surface area contributed by atoms with E-state index in [1.54, 1.807) is 0 Å². The highest BCUT2D eigenvalue weighted by Crippen LogP contribution is 2.05. The first-order valence-corrected chi connectivity index (χ1v) is 9.33. The molecule has 0 bridgehead atoms. The average molecular weight is 376 g/mol. The van der Waals surface area contributed by atoms with Crippen LogP contribution in [0, 0.1) is 0 Å². The Morgan fingerprint density at radius 2 is 1.96 bits per heavy atom. The van der Waals surface area contributed by atoms with Crippen molar-refractivity contribution in [2.45, 2.75) is 37.8 Å². The normalized spacial score (nSPS) is 17.1. The Hall–Kier alpha value is -2.45. The van der Waals surface area contributed by atoms with Gasteiger partial charge in [0.1, 0.15) is 6.04 Å². The van der Waals surface area contributed by atoms with Crippen LogP contribution in [0.3, 0.4) is 0 Å². The molecule has 0 radical (unpaired) electrons. The van der Waals surface area contributed by atoms with Gasteiger partial charge in [0.15, 0.2) is 0 Å². The summed E-state index contributed by atoms with van der Waals surface area (Å²) in [5.74, 6) is -1.20. The molecule has 0 aliphatic carbocycles. The highest BCUT2D eigenvalue weighted by Gasteiger charge is 2.27. The first-order valence-electron chi connectivity index (χ1n) is 9.33. The molecule has 1 aromatic carbocycles. The van der Waals surface area contributed by atoms with Crippen molar-refractivity contribution in [3.8, 4) is 0 Å². The summed E-state index contributed by atoms with van der Waals surface area (Å²) in [6.07, 6.45) is 3.27. The summed E-state index contributed by atoms with van der Waals surface area (Å²) in [5.41, 5.74) is 1.21. The van der Waals surface area contributed by atoms with Crippen LogP contribution in [0.1, 0.15) is 24.8 Å². The van der Waals surface area contributed by atoms with Crippen LogP contribution in [0.15, 0.2) is 30.3 Å². The number of aryl methyl sites for hydroxylation is 1. The van der Waals surface area contributed by atoms with E-state index in [-0.39, 0.29) is 24.4 Å². The molecular formula is C19H28N4O4. The lowest BCUT2D eigenvalue weighted by Gasteiger charge is -2.18. The lowest BCUT2D eigenvalue weighted by molar-refractivity contribution is -0.131. The Balaban J connectivity index is 1.62. The van der Waals surface area contributed by atoms with Crippen LogP contribution in [0.4, 0.5) is 0 Å². The fraction of sp³-hybridized carbons (Fsp3) is 0.526. The van der Waals surface area contributed by atoms with Gasteiger partial charge in [0.05, 0.1) is 19.2 Å². The third kappa shape index (κ3) is 7.36. The van der Waals surface area contributed by atoms with Gasteiger partial charge in [-0.05, 0) is 37.8 Å². The third-order valence-corrected chi connectivity index (χ3v) is 4.42. The SMILES string of the molecule is O=C(CNC(=O)[C@H](CO)NC(=O)[C@@H]1CCCN1)NCCCc1ccccc1. The molecule has 0 spiro atoms. The predicted octanol–water partition coefficient (Wildman–Crippen LogP) is -0.919. The second-order valence-corrected chi connectivity index (χ2v) is 6.55. The molecule has 2 atom stereocenters. The summed E-state index contributed by atoms with van der Waals surface area (Å²) in [7, 11) is 0. The Labute approximate surface area is 159 Å². The topological polar surface area (TPSA) is 120 Å². The molecule has 27 heavy (non-hydrogen) atoms. The molecule has 8 nitrogen and oxygen atoms in total. The van der Waals surface area contributed by atoms with Gasteiger partial charge < -0.3 is 26.4 Å². The molecular weight excluding hydrogens is 348 g/mol. The molecule has 0 saturated carbocycles. The van der Waals surface area contributed by atoms with Crippen LogP contribution >= 0.6 is 0 Å². The summed E-state index contributed by atoms with van der Waals surface area (Å²) in [4.78, 5) is 35.9. The molecule has 1 saturated heterocycles. The third-order valence-electron chi connectivity index (χ3n) is 4.42. The van der Waals surface area contributed by atoms with E-state index in [1.165, 1.54) is 5.56 Å². The van der Waals surface area contributed by atoms with Gasteiger partial charge in [0.25, 0.3) is 0 Å². The van der Waals surface area contributed by atoms with Crippen molar-refractivity contribution >= 4 is 17.7 Å². The summed E-state index contributed by atoms with van der Waals surface area (Å²) in [5, 5.41) is 20.1. The van der Waals surface area contributed by atoms with E-state index in [4.69, 9.17) is 0 Å². The number of aliphatic hydroxyl groups is 1. The number of rotatable bonds is 10. The van der Waals surface area contributed by atoms with E-state index in [2.05, 4.69) is 21.3 Å². The minimum absolute atomic E-state index is 0.196. The zero-order valence-corrected chi connectivity index (χ0v) is 15.4. The van der Waals surface area contributed by atoms with Crippen LogP contribution in [0.5, 0.6) is 0 Å². The van der Waals surface area contributed by atoms with E-state index in [0.29, 0.717) is 13.0 Å². The maximum absolute atomic E-state index is 12.1. The Morgan fingerprint density at radius 1 is 1.19 bits per heavy atom. The van der Waals surface area contributed by atoms with Gasteiger partial charge in [-0.2, -0.15) is 0 Å². The lowest BCUT2D eigenvalue weighted by Crippen LogP contribution is -2.54. The van der Waals surface area contributed by atoms with Gasteiger partial charge in [-0.3, -0.25) is 14.4 Å². The van der Waals surface area contributed by atoms with Gasteiger partial charge in [-0.25, -0.2) is 0 Å². The number of carbonyl (C=O) groups excluding carboxylic acids is 3. The number of nitrogens with one attached hydrogen (secondary N) is 4. The number of hydrogen-bond acceptors (Lipinski definition) is 5. The Bertz CT molecular complexity index is 617. The van der Waals surface area contributed by atoms with Crippen molar-refractivity contribution in [1.82, 2.24) is 21.3 Å². The molecule has 1 heterocycles. The summed E-state index contributed by atoms with van der Waals surface area (Å²) < 4.78 is 0. The molecule has 1 aliphatic heterocycles. The van der Waals surface area contributed by atoms with Crippen molar-refractivity contribution in [3.05, 3.63) is 35.9 Å². The Kier molecular flexibility index (Phi) is 8.73. The Morgan fingerprint density at radius 3 is 2.63 bits per heavy atom. The van der Waals surface area contributed by atoms with E-state index >= 15 is 0 Å². The summed E-state index contributed by atoms with van der Waals surface area (Å²) in [6.45, 7) is 0.552. The lowest BCUT2D eigenvalue weighted by atomic mass is 10.1. The molecule has 8 heteroatoms. The van der Waals surface area contributed by atoms with Gasteiger partial charge in [-0.1, -0.05) is 30.3 Å². The van der Waals surface area contributed by atoms with Crippen molar-refractivity contribution in [2.24, 2.45) is 0 Å². The molecule has 1 aromatic rings.